The summed E-state index contributed by atoms with van der Waals surface area (Å²) in [5, 5.41) is 2.62. The third kappa shape index (κ3) is 3.42. The van der Waals surface area contributed by atoms with Gasteiger partial charge in [-0.25, -0.2) is 0 Å². The first-order valence-electron chi connectivity index (χ1n) is 8.15. The second kappa shape index (κ2) is 5.89. The Morgan fingerprint density at radius 2 is 1.59 bits per heavy atom. The Kier molecular flexibility index (Phi) is 4.10. The summed E-state index contributed by atoms with van der Waals surface area (Å²) in [7, 11) is 0. The third-order valence-electron chi connectivity index (χ3n) is 5.51. The maximum Gasteiger partial charge on any atom is 0.325 e. The number of primary amides is 1. The van der Waals surface area contributed by atoms with Gasteiger partial charge in [-0.1, -0.05) is 0 Å². The van der Waals surface area contributed by atoms with E-state index in [1.807, 2.05) is 0 Å². The van der Waals surface area contributed by atoms with Crippen molar-refractivity contribution in [2.24, 2.45) is 28.9 Å². The summed E-state index contributed by atoms with van der Waals surface area (Å²) in [5.41, 5.74) is 5.05. The molecule has 0 saturated heterocycles. The molecule has 0 aromatic carbocycles. The van der Waals surface area contributed by atoms with Crippen LogP contribution in [0.3, 0.4) is 0 Å². The molecule has 2 amide bonds. The lowest BCUT2D eigenvalue weighted by atomic mass is 9.49. The summed E-state index contributed by atoms with van der Waals surface area (Å²) >= 11 is 0. The highest BCUT2D eigenvalue weighted by atomic mass is 16.5. The fourth-order valence-corrected chi connectivity index (χ4v) is 5.28. The molecule has 0 aromatic heterocycles. The molecule has 0 heterocycles. The number of amides is 2. The minimum atomic E-state index is -0.701. The van der Waals surface area contributed by atoms with Crippen molar-refractivity contribution in [3.8, 4) is 0 Å². The van der Waals surface area contributed by atoms with Crippen molar-refractivity contribution in [3.63, 3.8) is 0 Å². The number of carbonyl (C=O) groups is 3. The van der Waals surface area contributed by atoms with Crippen LogP contribution in [0.2, 0.25) is 0 Å². The molecule has 3 N–H and O–H groups in total. The van der Waals surface area contributed by atoms with E-state index in [1.165, 1.54) is 38.5 Å². The molecule has 0 aliphatic heterocycles. The fraction of sp³-hybridized carbons (Fsp3) is 0.812. The number of hydrogen-bond acceptors (Lipinski definition) is 4. The fourth-order valence-electron chi connectivity index (χ4n) is 5.28. The zero-order chi connectivity index (χ0) is 15.7. The number of esters is 1. The maximum absolute atomic E-state index is 12.2. The van der Waals surface area contributed by atoms with E-state index in [0.717, 1.165) is 17.8 Å². The van der Waals surface area contributed by atoms with Crippen molar-refractivity contribution in [2.75, 3.05) is 13.2 Å². The molecule has 4 bridgehead atoms. The van der Waals surface area contributed by atoms with Crippen LogP contribution in [0.1, 0.15) is 44.9 Å². The maximum atomic E-state index is 12.2. The zero-order valence-electron chi connectivity index (χ0n) is 12.8. The van der Waals surface area contributed by atoms with E-state index in [-0.39, 0.29) is 17.9 Å². The summed E-state index contributed by atoms with van der Waals surface area (Å²) in [6, 6.07) is 0. The Balaban J connectivity index is 1.46. The smallest absolute Gasteiger partial charge is 0.325 e. The van der Waals surface area contributed by atoms with Gasteiger partial charge in [-0.3, -0.25) is 14.4 Å². The average Bonchev–Trinajstić information content (AvgIpc) is 2.40. The van der Waals surface area contributed by atoms with E-state index in [1.54, 1.807) is 0 Å². The molecule has 0 spiro atoms. The van der Waals surface area contributed by atoms with Crippen LogP contribution in [0.4, 0.5) is 0 Å². The second-order valence-electron chi connectivity index (χ2n) is 7.50. The number of nitrogens with one attached hydrogen (secondary N) is 1. The Bertz CT molecular complexity index is 453. The predicted octanol–water partition coefficient (Wildman–Crippen LogP) is 0.738. The number of nitrogens with two attached hydrogens (primary N) is 1. The Labute approximate surface area is 130 Å². The molecule has 6 heteroatoms. The van der Waals surface area contributed by atoms with Gasteiger partial charge in [-0.2, -0.15) is 0 Å². The van der Waals surface area contributed by atoms with Gasteiger partial charge in [0.25, 0.3) is 5.91 Å². The molecule has 122 valence electrons. The molecule has 0 unspecified atom stereocenters. The highest BCUT2D eigenvalue weighted by Gasteiger charge is 2.51. The lowest BCUT2D eigenvalue weighted by Crippen LogP contribution is -2.48. The quantitative estimate of drug-likeness (QED) is 0.707. The lowest BCUT2D eigenvalue weighted by molar-refractivity contribution is -0.148. The highest BCUT2D eigenvalue weighted by Crippen LogP contribution is 2.61. The van der Waals surface area contributed by atoms with E-state index >= 15 is 0 Å². The van der Waals surface area contributed by atoms with E-state index in [9.17, 15) is 14.4 Å². The summed E-state index contributed by atoms with van der Waals surface area (Å²) in [4.78, 5) is 34.0. The molecule has 4 fully saturated rings. The van der Waals surface area contributed by atoms with Gasteiger partial charge in [-0.05, 0) is 61.7 Å². The van der Waals surface area contributed by atoms with Crippen molar-refractivity contribution in [1.82, 2.24) is 5.32 Å². The summed E-state index contributed by atoms with van der Waals surface area (Å²) < 4.78 is 4.62. The van der Waals surface area contributed by atoms with Gasteiger partial charge in [0.05, 0.1) is 0 Å². The molecule has 0 atom stereocenters. The van der Waals surface area contributed by atoms with Gasteiger partial charge >= 0.3 is 5.97 Å². The van der Waals surface area contributed by atoms with Gasteiger partial charge in [0.15, 0.2) is 6.61 Å². The van der Waals surface area contributed by atoms with Gasteiger partial charge in [0, 0.05) is 6.42 Å². The molecule has 4 saturated carbocycles. The second-order valence-corrected chi connectivity index (χ2v) is 7.50. The highest BCUT2D eigenvalue weighted by molar-refractivity contribution is 5.84. The van der Waals surface area contributed by atoms with E-state index < -0.39 is 18.5 Å². The van der Waals surface area contributed by atoms with Crippen LogP contribution in [0.25, 0.3) is 0 Å². The minimum absolute atomic E-state index is 0.0852. The van der Waals surface area contributed by atoms with Crippen LogP contribution >= 0.6 is 0 Å². The largest absolute Gasteiger partial charge is 0.454 e. The summed E-state index contributed by atoms with van der Waals surface area (Å²) in [6.45, 7) is -0.637. The van der Waals surface area contributed by atoms with Crippen molar-refractivity contribution in [3.05, 3.63) is 0 Å². The Morgan fingerprint density at radius 3 is 2.09 bits per heavy atom. The lowest BCUT2D eigenvalue weighted by Gasteiger charge is -2.56. The SMILES string of the molecule is NC(=O)COC(=O)CNC(=O)CC12CC3CC(CC(C3)C1)C2. The third-order valence-corrected chi connectivity index (χ3v) is 5.51. The molecule has 4 aliphatic carbocycles. The molecular formula is C16H24N2O4. The van der Waals surface area contributed by atoms with Crippen LogP contribution in [0.5, 0.6) is 0 Å². The standard InChI is InChI=1S/C16H24N2O4/c17-13(19)9-22-15(21)8-18-14(20)7-16-4-10-1-11(5-16)3-12(2-10)6-16/h10-12H,1-9H2,(H2,17,19)(H,18,20). The van der Waals surface area contributed by atoms with Crippen LogP contribution in [0, 0.1) is 23.2 Å². The molecule has 6 nitrogen and oxygen atoms in total. The molecule has 0 aromatic rings. The predicted molar refractivity (Wildman–Crippen MR) is 78.4 cm³/mol. The van der Waals surface area contributed by atoms with Crippen molar-refractivity contribution >= 4 is 17.8 Å². The Hall–Kier alpha value is -1.59. The molecule has 4 rings (SSSR count). The van der Waals surface area contributed by atoms with Gasteiger partial charge in [0.1, 0.15) is 6.54 Å². The van der Waals surface area contributed by atoms with Crippen LogP contribution in [0.15, 0.2) is 0 Å². The molecular weight excluding hydrogens is 284 g/mol. The van der Waals surface area contributed by atoms with Crippen molar-refractivity contribution in [1.29, 1.82) is 0 Å². The summed E-state index contributed by atoms with van der Waals surface area (Å²) in [6.07, 6.45) is 8.05. The van der Waals surface area contributed by atoms with Crippen molar-refractivity contribution in [2.45, 2.75) is 44.9 Å². The first-order chi connectivity index (χ1) is 10.4. The molecule has 22 heavy (non-hydrogen) atoms. The van der Waals surface area contributed by atoms with Crippen LogP contribution in [-0.4, -0.2) is 30.9 Å². The number of carbonyl (C=O) groups excluding carboxylic acids is 3. The van der Waals surface area contributed by atoms with Gasteiger partial charge < -0.3 is 15.8 Å². The van der Waals surface area contributed by atoms with Crippen LogP contribution in [-0.2, 0) is 19.1 Å². The number of rotatable bonds is 6. The van der Waals surface area contributed by atoms with E-state index in [0.29, 0.717) is 6.42 Å². The Morgan fingerprint density at radius 1 is 1.05 bits per heavy atom. The zero-order valence-corrected chi connectivity index (χ0v) is 12.8. The van der Waals surface area contributed by atoms with E-state index in [2.05, 4.69) is 10.1 Å². The first-order valence-corrected chi connectivity index (χ1v) is 8.15. The summed E-state index contributed by atoms with van der Waals surface area (Å²) in [5.74, 6) is 1.00. The number of ether oxygens (including phenoxy) is 1. The molecule has 4 aliphatic rings. The minimum Gasteiger partial charge on any atom is -0.454 e. The topological polar surface area (TPSA) is 98.5 Å². The van der Waals surface area contributed by atoms with Crippen molar-refractivity contribution < 1.29 is 19.1 Å². The normalized spacial score (nSPS) is 35.2. The van der Waals surface area contributed by atoms with Gasteiger partial charge in [-0.15, -0.1) is 0 Å². The average molecular weight is 308 g/mol. The van der Waals surface area contributed by atoms with Gasteiger partial charge in [0.2, 0.25) is 5.91 Å². The first kappa shape index (κ1) is 15.3. The van der Waals surface area contributed by atoms with Crippen LogP contribution < -0.4 is 11.1 Å². The monoisotopic (exact) mass is 308 g/mol. The molecule has 0 radical (unpaired) electrons. The number of hydrogen-bond donors (Lipinski definition) is 2. The van der Waals surface area contributed by atoms with E-state index in [4.69, 9.17) is 5.73 Å².